The Labute approximate surface area is 298 Å². The molecule has 8 nitrogen and oxygen atoms in total. The van der Waals surface area contributed by atoms with Crippen LogP contribution in [0, 0.1) is 11.6 Å². The smallest absolute Gasteiger partial charge is 0.336 e. The molecule has 0 saturated carbocycles. The van der Waals surface area contributed by atoms with Gasteiger partial charge in [-0.3, -0.25) is 14.3 Å². The van der Waals surface area contributed by atoms with Crippen molar-refractivity contribution in [1.29, 1.82) is 0 Å². The van der Waals surface area contributed by atoms with Gasteiger partial charge in [0.25, 0.3) is 5.56 Å². The predicted molar refractivity (Wildman–Crippen MR) is 199 cm³/mol. The molecule has 0 fully saturated rings. The summed E-state index contributed by atoms with van der Waals surface area (Å²) in [4.78, 5) is 44.1. The Morgan fingerprint density at radius 2 is 1.44 bits per heavy atom. The number of para-hydroxylation sites is 1. The second kappa shape index (κ2) is 15.6. The van der Waals surface area contributed by atoms with Crippen molar-refractivity contribution in [3.63, 3.8) is 0 Å². The summed E-state index contributed by atoms with van der Waals surface area (Å²) in [5.74, 6) is -1.58. The summed E-state index contributed by atoms with van der Waals surface area (Å²) < 4.78 is 32.4. The number of carbonyl (C=O) groups is 1. The van der Waals surface area contributed by atoms with Crippen LogP contribution in [0.25, 0.3) is 26.3 Å². The molecular formula is C38H36ClF2N5O3S. The van der Waals surface area contributed by atoms with Crippen molar-refractivity contribution in [3.05, 3.63) is 152 Å². The first-order valence-electron chi connectivity index (χ1n) is 15.8. The van der Waals surface area contributed by atoms with Crippen LogP contribution < -0.4 is 21.9 Å². The molecule has 0 aliphatic carbocycles. The lowest BCUT2D eigenvalue weighted by Gasteiger charge is -2.18. The number of carbonyl (C=O) groups excluding carboxylic acids is 1. The maximum atomic E-state index is 15.0. The van der Waals surface area contributed by atoms with Crippen LogP contribution >= 0.6 is 23.7 Å². The zero-order valence-corrected chi connectivity index (χ0v) is 29.3. The van der Waals surface area contributed by atoms with E-state index in [9.17, 15) is 14.4 Å². The highest BCUT2D eigenvalue weighted by Crippen LogP contribution is 2.38. The third-order valence-electron chi connectivity index (χ3n) is 8.01. The Balaban J connectivity index is 0.00000486. The summed E-state index contributed by atoms with van der Waals surface area (Å²) in [5.41, 5.74) is 1.91. The first-order chi connectivity index (χ1) is 23.6. The molecule has 6 rings (SSSR count). The fraction of sp³-hybridized carbons (Fsp3) is 0.184. The Hall–Kier alpha value is -5.10. The molecule has 2 amide bonds. The number of urea groups is 1. The zero-order chi connectivity index (χ0) is 34.7. The van der Waals surface area contributed by atoms with Crippen LogP contribution in [-0.2, 0) is 19.6 Å². The van der Waals surface area contributed by atoms with Gasteiger partial charge in [-0.1, -0.05) is 66.7 Å². The summed E-state index contributed by atoms with van der Waals surface area (Å²) in [6, 6.07) is 28.8. The molecule has 2 aromatic heterocycles. The fourth-order valence-corrected chi connectivity index (χ4v) is 7.10. The van der Waals surface area contributed by atoms with Gasteiger partial charge in [-0.25, -0.2) is 22.9 Å². The van der Waals surface area contributed by atoms with Crippen molar-refractivity contribution in [2.45, 2.75) is 39.5 Å². The van der Waals surface area contributed by atoms with Crippen molar-refractivity contribution >= 4 is 45.7 Å². The highest BCUT2D eigenvalue weighted by molar-refractivity contribution is 7.22. The maximum Gasteiger partial charge on any atom is 0.337 e. The van der Waals surface area contributed by atoms with E-state index >= 15 is 8.78 Å². The molecule has 50 heavy (non-hydrogen) atoms. The second-order valence-electron chi connectivity index (χ2n) is 12.1. The van der Waals surface area contributed by atoms with Gasteiger partial charge in [0.2, 0.25) is 0 Å². The number of hydrogen-bond donors (Lipinski definition) is 2. The number of amides is 2. The van der Waals surface area contributed by atoms with Crippen LogP contribution in [0.4, 0.5) is 19.3 Å². The third kappa shape index (κ3) is 7.70. The van der Waals surface area contributed by atoms with Gasteiger partial charge in [-0.2, -0.15) is 0 Å². The molecule has 258 valence electrons. The number of hydrogen-bond acceptors (Lipinski definition) is 5. The zero-order valence-electron chi connectivity index (χ0n) is 27.7. The first kappa shape index (κ1) is 36.2. The third-order valence-corrected chi connectivity index (χ3v) is 9.32. The van der Waals surface area contributed by atoms with Gasteiger partial charge in [0.1, 0.15) is 16.5 Å². The predicted octanol–water partition coefficient (Wildman–Crippen LogP) is 7.79. The van der Waals surface area contributed by atoms with E-state index in [-0.39, 0.29) is 30.0 Å². The van der Waals surface area contributed by atoms with Crippen LogP contribution in [-0.4, -0.2) is 33.2 Å². The standard InChI is InChI=1S/C38H35F2N5O3S.ClH/c1-24(2)41-37(47)42-27-19-17-26(18-20-27)34-30(22-43(3)21-25-11-6-4-7-12-25)33-35(46)45(28-13-8-5-9-14-28)38(48)44(36(33)49-34)23-29-31(39)15-10-16-32(29)40;/h4-20,24H,21-23H2,1-3H3,(H2,41,42,47);1H. The van der Waals surface area contributed by atoms with E-state index in [1.165, 1.54) is 22.0 Å². The lowest BCUT2D eigenvalue weighted by Crippen LogP contribution is -2.39. The average molecular weight is 716 g/mol. The van der Waals surface area contributed by atoms with E-state index in [0.29, 0.717) is 40.2 Å². The summed E-state index contributed by atoms with van der Waals surface area (Å²) >= 11 is 1.22. The van der Waals surface area contributed by atoms with Crippen LogP contribution in [0.2, 0.25) is 0 Å². The molecule has 0 spiro atoms. The summed E-state index contributed by atoms with van der Waals surface area (Å²) in [7, 11) is 1.95. The number of benzene rings is 4. The fourth-order valence-electron chi connectivity index (χ4n) is 5.79. The number of nitrogens with one attached hydrogen (secondary N) is 2. The van der Waals surface area contributed by atoms with E-state index in [2.05, 4.69) is 15.5 Å². The lowest BCUT2D eigenvalue weighted by atomic mass is 10.1. The van der Waals surface area contributed by atoms with Crippen molar-refractivity contribution in [2.24, 2.45) is 0 Å². The van der Waals surface area contributed by atoms with Gasteiger partial charge in [0.15, 0.2) is 0 Å². The number of nitrogens with zero attached hydrogens (tertiary/aromatic N) is 3. The molecule has 0 unspecified atom stereocenters. The van der Waals surface area contributed by atoms with Crippen LogP contribution in [0.15, 0.2) is 113 Å². The Morgan fingerprint density at radius 1 is 0.820 bits per heavy atom. The highest BCUT2D eigenvalue weighted by Gasteiger charge is 2.25. The molecule has 0 atom stereocenters. The highest BCUT2D eigenvalue weighted by atomic mass is 35.5. The van der Waals surface area contributed by atoms with Crippen molar-refractivity contribution in [1.82, 2.24) is 19.4 Å². The van der Waals surface area contributed by atoms with Gasteiger partial charge >= 0.3 is 11.7 Å². The van der Waals surface area contributed by atoms with Crippen molar-refractivity contribution in [3.8, 4) is 16.1 Å². The number of fused-ring (bicyclic) bond motifs is 1. The largest absolute Gasteiger partial charge is 0.337 e. The molecule has 6 aromatic rings. The van der Waals surface area contributed by atoms with Gasteiger partial charge in [0.05, 0.1) is 17.6 Å². The molecule has 12 heteroatoms. The normalized spacial score (nSPS) is 11.2. The quantitative estimate of drug-likeness (QED) is 0.152. The minimum absolute atomic E-state index is 0. The van der Waals surface area contributed by atoms with Crippen LogP contribution in [0.3, 0.4) is 0 Å². The molecule has 2 N–H and O–H groups in total. The summed E-state index contributed by atoms with van der Waals surface area (Å²) in [6.45, 7) is 4.22. The summed E-state index contributed by atoms with van der Waals surface area (Å²) in [5, 5.41) is 5.90. The molecule has 2 heterocycles. The molecule has 0 bridgehead atoms. The molecule has 0 saturated heterocycles. The monoisotopic (exact) mass is 715 g/mol. The van der Waals surface area contributed by atoms with Gasteiger partial charge in [-0.05, 0) is 74.0 Å². The minimum atomic E-state index is -0.790. The van der Waals surface area contributed by atoms with E-state index in [0.717, 1.165) is 32.7 Å². The molecule has 0 aliphatic rings. The van der Waals surface area contributed by atoms with Gasteiger partial charge in [0, 0.05) is 35.3 Å². The van der Waals surface area contributed by atoms with Gasteiger partial charge in [-0.15, -0.1) is 23.7 Å². The Kier molecular flexibility index (Phi) is 11.3. The Morgan fingerprint density at radius 3 is 2.06 bits per heavy atom. The van der Waals surface area contributed by atoms with E-state index in [1.54, 1.807) is 42.5 Å². The van der Waals surface area contributed by atoms with Gasteiger partial charge < -0.3 is 10.6 Å². The van der Waals surface area contributed by atoms with Crippen molar-refractivity contribution in [2.75, 3.05) is 12.4 Å². The topological polar surface area (TPSA) is 88.4 Å². The molecular weight excluding hydrogens is 680 g/mol. The number of halogens is 3. The molecule has 0 radical (unpaired) electrons. The minimum Gasteiger partial charge on any atom is -0.336 e. The average Bonchev–Trinajstić information content (AvgIpc) is 3.44. The van der Waals surface area contributed by atoms with Crippen molar-refractivity contribution < 1.29 is 13.6 Å². The van der Waals surface area contributed by atoms with E-state index < -0.39 is 29.4 Å². The second-order valence-corrected chi connectivity index (χ2v) is 13.1. The van der Waals surface area contributed by atoms with E-state index in [1.807, 2.05) is 63.4 Å². The summed E-state index contributed by atoms with van der Waals surface area (Å²) in [6.07, 6.45) is 0. The van der Waals surface area contributed by atoms with Crippen LogP contribution in [0.1, 0.15) is 30.5 Å². The molecule has 4 aromatic carbocycles. The molecule has 0 aliphatic heterocycles. The number of anilines is 1. The van der Waals surface area contributed by atoms with Crippen LogP contribution in [0.5, 0.6) is 0 Å². The Bertz CT molecular complexity index is 2220. The lowest BCUT2D eigenvalue weighted by molar-refractivity contribution is 0.250. The SMILES string of the molecule is CC(C)NC(=O)Nc1ccc(-c2sc3c(c2CN(C)Cc2ccccc2)c(=O)n(-c2ccccc2)c(=O)n3Cc2c(F)cccc2F)cc1.Cl. The number of aromatic nitrogens is 2. The number of rotatable bonds is 10. The maximum absolute atomic E-state index is 15.0. The number of thiophene rings is 1. The van der Waals surface area contributed by atoms with E-state index in [4.69, 9.17) is 0 Å². The first-order valence-corrected chi connectivity index (χ1v) is 16.6.